The van der Waals surface area contributed by atoms with Gasteiger partial charge in [0.05, 0.1) is 11.0 Å². The molecule has 0 aliphatic heterocycles. The lowest BCUT2D eigenvalue weighted by molar-refractivity contribution is 0.661. The fourth-order valence-corrected chi connectivity index (χ4v) is 8.46. The molecule has 0 fully saturated rings. The van der Waals surface area contributed by atoms with Crippen LogP contribution >= 0.6 is 0 Å². The smallest absolute Gasteiger partial charge is 0.0547 e. The molecule has 0 atom stereocenters. The summed E-state index contributed by atoms with van der Waals surface area (Å²) < 4.78 is 2.44. The predicted octanol–water partition coefficient (Wildman–Crippen LogP) is 13.2. The Morgan fingerprint density at radius 2 is 0.960 bits per heavy atom. The van der Waals surface area contributed by atoms with Crippen LogP contribution in [0.1, 0.15) is 25.0 Å². The fraction of sp³-hybridized carbons (Fsp3) is 0.0612. The molecule has 0 radical (unpaired) electrons. The lowest BCUT2D eigenvalue weighted by Gasteiger charge is -2.21. The SMILES string of the molecule is CC1(C)c2ccccc2-c2cc3c(ccc4c3c3ccccc3n4-c3ccc(-c4cc(-c5ccccc5)cc(-c5ccccc5)c4)cc3)cc21. The largest absolute Gasteiger partial charge is 0.309 e. The lowest BCUT2D eigenvalue weighted by Crippen LogP contribution is -2.14. The summed E-state index contributed by atoms with van der Waals surface area (Å²) in [5, 5.41) is 5.20. The average molecular weight is 638 g/mol. The molecule has 1 aromatic heterocycles. The zero-order valence-electron chi connectivity index (χ0n) is 28.2. The van der Waals surface area contributed by atoms with E-state index in [1.54, 1.807) is 0 Å². The van der Waals surface area contributed by atoms with E-state index in [-0.39, 0.29) is 5.41 Å². The van der Waals surface area contributed by atoms with Gasteiger partial charge in [-0.1, -0.05) is 135 Å². The minimum Gasteiger partial charge on any atom is -0.309 e. The molecule has 8 aromatic carbocycles. The van der Waals surface area contributed by atoms with Crippen molar-refractivity contribution in [3.63, 3.8) is 0 Å². The lowest BCUT2D eigenvalue weighted by atomic mass is 9.82. The Kier molecular flexibility index (Phi) is 6.29. The van der Waals surface area contributed by atoms with Gasteiger partial charge in [0, 0.05) is 21.9 Å². The minimum atomic E-state index is -0.0205. The van der Waals surface area contributed by atoms with Gasteiger partial charge in [-0.3, -0.25) is 0 Å². The maximum Gasteiger partial charge on any atom is 0.0547 e. The van der Waals surface area contributed by atoms with Gasteiger partial charge in [0.2, 0.25) is 0 Å². The molecule has 0 unspecified atom stereocenters. The Morgan fingerprint density at radius 3 is 1.64 bits per heavy atom. The highest BCUT2D eigenvalue weighted by molar-refractivity contribution is 6.22. The molecule has 1 heterocycles. The van der Waals surface area contributed by atoms with Crippen LogP contribution in [-0.4, -0.2) is 4.57 Å². The molecule has 0 bridgehead atoms. The second-order valence-corrected chi connectivity index (χ2v) is 14.2. The van der Waals surface area contributed by atoms with Crippen molar-refractivity contribution >= 4 is 32.6 Å². The van der Waals surface area contributed by atoms with Crippen LogP contribution in [0.15, 0.2) is 176 Å². The van der Waals surface area contributed by atoms with Gasteiger partial charge in [-0.2, -0.15) is 0 Å². The van der Waals surface area contributed by atoms with Crippen LogP contribution in [0.5, 0.6) is 0 Å². The second kappa shape index (κ2) is 10.9. The van der Waals surface area contributed by atoms with E-state index in [2.05, 4.69) is 194 Å². The molecule has 50 heavy (non-hydrogen) atoms. The highest BCUT2D eigenvalue weighted by Crippen LogP contribution is 2.51. The highest BCUT2D eigenvalue weighted by atomic mass is 15.0. The monoisotopic (exact) mass is 637 g/mol. The third kappa shape index (κ3) is 4.33. The summed E-state index contributed by atoms with van der Waals surface area (Å²) in [5.41, 5.74) is 16.4. The van der Waals surface area contributed by atoms with E-state index < -0.39 is 0 Å². The molecular weight excluding hydrogens is 603 g/mol. The van der Waals surface area contributed by atoms with Crippen molar-refractivity contribution in [2.45, 2.75) is 19.3 Å². The molecule has 9 aromatic rings. The summed E-state index contributed by atoms with van der Waals surface area (Å²) in [4.78, 5) is 0. The number of rotatable bonds is 4. The van der Waals surface area contributed by atoms with Gasteiger partial charge in [-0.15, -0.1) is 0 Å². The molecule has 10 rings (SSSR count). The van der Waals surface area contributed by atoms with E-state index in [4.69, 9.17) is 0 Å². The van der Waals surface area contributed by atoms with Crippen molar-refractivity contribution in [1.29, 1.82) is 0 Å². The molecule has 1 heteroatoms. The number of aromatic nitrogens is 1. The van der Waals surface area contributed by atoms with Crippen LogP contribution in [-0.2, 0) is 5.41 Å². The first kappa shape index (κ1) is 28.8. The van der Waals surface area contributed by atoms with Gasteiger partial charge < -0.3 is 4.57 Å². The van der Waals surface area contributed by atoms with Crippen molar-refractivity contribution in [2.75, 3.05) is 0 Å². The standard InChI is InChI=1S/C49H35N/c1-49(2)44-19-11-9-17-40(44)43-31-42-35(30-45(43)49)23-26-47-48(42)41-18-10-12-20-46(41)50(47)39-24-21-34(22-25-39)38-28-36(32-13-5-3-6-14-32)27-37(29-38)33-15-7-4-8-16-33/h3-31H,1-2H3. The molecule has 0 amide bonds. The van der Waals surface area contributed by atoms with Crippen LogP contribution in [0.25, 0.3) is 82.8 Å². The summed E-state index contributed by atoms with van der Waals surface area (Å²) in [6, 6.07) is 64.8. The zero-order chi connectivity index (χ0) is 33.4. The Bertz CT molecular complexity index is 2690. The van der Waals surface area contributed by atoms with Gasteiger partial charge in [0.1, 0.15) is 0 Å². The maximum atomic E-state index is 2.46. The van der Waals surface area contributed by atoms with Crippen molar-refractivity contribution in [1.82, 2.24) is 4.57 Å². The normalized spacial score (nSPS) is 13.2. The summed E-state index contributed by atoms with van der Waals surface area (Å²) >= 11 is 0. The molecule has 0 spiro atoms. The first-order valence-electron chi connectivity index (χ1n) is 17.5. The number of hydrogen-bond donors (Lipinski definition) is 0. The van der Waals surface area contributed by atoms with E-state index in [1.165, 1.54) is 88.2 Å². The number of hydrogen-bond acceptors (Lipinski definition) is 0. The molecule has 1 aliphatic carbocycles. The number of nitrogens with zero attached hydrogens (tertiary/aromatic N) is 1. The van der Waals surface area contributed by atoms with Gasteiger partial charge in [-0.25, -0.2) is 0 Å². The molecule has 236 valence electrons. The van der Waals surface area contributed by atoms with Crippen LogP contribution in [0.2, 0.25) is 0 Å². The van der Waals surface area contributed by atoms with E-state index in [9.17, 15) is 0 Å². The van der Waals surface area contributed by atoms with Gasteiger partial charge in [-0.05, 0) is 121 Å². The number of para-hydroxylation sites is 1. The molecule has 1 nitrogen and oxygen atoms in total. The second-order valence-electron chi connectivity index (χ2n) is 14.2. The summed E-state index contributed by atoms with van der Waals surface area (Å²) in [7, 11) is 0. The third-order valence-electron chi connectivity index (χ3n) is 11.0. The van der Waals surface area contributed by atoms with Crippen molar-refractivity contribution < 1.29 is 0 Å². The van der Waals surface area contributed by atoms with E-state index >= 15 is 0 Å². The Morgan fingerprint density at radius 1 is 0.380 bits per heavy atom. The average Bonchev–Trinajstić information content (AvgIpc) is 3.63. The van der Waals surface area contributed by atoms with E-state index in [0.717, 1.165) is 5.69 Å². The van der Waals surface area contributed by atoms with Crippen LogP contribution in [0.3, 0.4) is 0 Å². The quantitative estimate of drug-likeness (QED) is 0.181. The van der Waals surface area contributed by atoms with Crippen molar-refractivity contribution in [3.05, 3.63) is 187 Å². The molecule has 1 aliphatic rings. The predicted molar refractivity (Wildman–Crippen MR) is 212 cm³/mol. The number of benzene rings is 8. The zero-order valence-corrected chi connectivity index (χ0v) is 28.2. The molecular formula is C49H35N. The number of fused-ring (bicyclic) bond motifs is 8. The summed E-state index contributed by atoms with van der Waals surface area (Å²) in [6.07, 6.45) is 0. The minimum absolute atomic E-state index is 0.0205. The topological polar surface area (TPSA) is 4.93 Å². The maximum absolute atomic E-state index is 2.46. The van der Waals surface area contributed by atoms with Crippen molar-refractivity contribution in [3.8, 4) is 50.2 Å². The van der Waals surface area contributed by atoms with E-state index in [1.807, 2.05) is 0 Å². The Balaban J connectivity index is 1.14. The first-order chi connectivity index (χ1) is 24.5. The summed E-state index contributed by atoms with van der Waals surface area (Å²) in [5.74, 6) is 0. The van der Waals surface area contributed by atoms with Gasteiger partial charge in [0.15, 0.2) is 0 Å². The molecule has 0 N–H and O–H groups in total. The Labute approximate surface area is 292 Å². The van der Waals surface area contributed by atoms with Gasteiger partial charge in [0.25, 0.3) is 0 Å². The molecule has 0 saturated heterocycles. The highest BCUT2D eigenvalue weighted by Gasteiger charge is 2.35. The van der Waals surface area contributed by atoms with Gasteiger partial charge >= 0.3 is 0 Å². The first-order valence-corrected chi connectivity index (χ1v) is 17.5. The Hall–Kier alpha value is -6.18. The van der Waals surface area contributed by atoms with E-state index in [0.29, 0.717) is 0 Å². The molecule has 0 saturated carbocycles. The fourth-order valence-electron chi connectivity index (χ4n) is 8.46. The van der Waals surface area contributed by atoms with Crippen LogP contribution in [0, 0.1) is 0 Å². The van der Waals surface area contributed by atoms with Crippen molar-refractivity contribution in [2.24, 2.45) is 0 Å². The third-order valence-corrected chi connectivity index (χ3v) is 11.0. The van der Waals surface area contributed by atoms with Crippen LogP contribution in [0.4, 0.5) is 0 Å². The summed E-state index contributed by atoms with van der Waals surface area (Å²) in [6.45, 7) is 4.72. The van der Waals surface area contributed by atoms with Crippen LogP contribution < -0.4 is 0 Å².